The van der Waals surface area contributed by atoms with Crippen LogP contribution in [0.2, 0.25) is 0 Å². The molecule has 1 saturated carbocycles. The summed E-state index contributed by atoms with van der Waals surface area (Å²) in [5.41, 5.74) is 1.84. The minimum atomic E-state index is -0.301. The van der Waals surface area contributed by atoms with E-state index in [0.29, 0.717) is 26.2 Å². The molecule has 0 radical (unpaired) electrons. The fourth-order valence-electron chi connectivity index (χ4n) is 3.43. The summed E-state index contributed by atoms with van der Waals surface area (Å²) in [7, 11) is 1.66. The van der Waals surface area contributed by atoms with Gasteiger partial charge in [0.2, 0.25) is 0 Å². The Morgan fingerprint density at radius 1 is 1.11 bits per heavy atom. The maximum Gasteiger partial charge on any atom is 0.315 e. The third-order valence-corrected chi connectivity index (χ3v) is 5.07. The summed E-state index contributed by atoms with van der Waals surface area (Å²) in [5, 5.41) is 6.08. The SMILES string of the molecule is COc1ccccc1CCNC(=O)NC1(c2ccc3c(c2)OCCO3)CC1. The van der Waals surface area contributed by atoms with Gasteiger partial charge in [-0.3, -0.25) is 0 Å². The van der Waals surface area contributed by atoms with Gasteiger partial charge in [0.1, 0.15) is 19.0 Å². The third-order valence-electron chi connectivity index (χ3n) is 5.07. The second-order valence-corrected chi connectivity index (χ2v) is 6.88. The third kappa shape index (κ3) is 3.79. The molecule has 2 aromatic carbocycles. The van der Waals surface area contributed by atoms with Gasteiger partial charge in [0.15, 0.2) is 11.5 Å². The molecule has 0 spiro atoms. The first-order chi connectivity index (χ1) is 13.2. The van der Waals surface area contributed by atoms with Crippen molar-refractivity contribution in [2.75, 3.05) is 26.9 Å². The van der Waals surface area contributed by atoms with Crippen LogP contribution in [0.15, 0.2) is 42.5 Å². The Labute approximate surface area is 158 Å². The smallest absolute Gasteiger partial charge is 0.315 e. The summed E-state index contributed by atoms with van der Waals surface area (Å²) in [6, 6.07) is 13.6. The van der Waals surface area contributed by atoms with E-state index >= 15 is 0 Å². The maximum atomic E-state index is 12.4. The Balaban J connectivity index is 1.34. The highest BCUT2D eigenvalue weighted by molar-refractivity contribution is 5.75. The molecular formula is C21H24N2O4. The molecule has 2 aliphatic rings. The number of benzene rings is 2. The number of urea groups is 1. The molecule has 1 aliphatic carbocycles. The molecule has 1 heterocycles. The zero-order valence-electron chi connectivity index (χ0n) is 15.4. The van der Waals surface area contributed by atoms with Crippen LogP contribution in [-0.4, -0.2) is 32.9 Å². The van der Waals surface area contributed by atoms with Gasteiger partial charge in [0.05, 0.1) is 12.6 Å². The molecule has 6 nitrogen and oxygen atoms in total. The average molecular weight is 368 g/mol. The molecule has 6 heteroatoms. The van der Waals surface area contributed by atoms with E-state index < -0.39 is 0 Å². The van der Waals surface area contributed by atoms with Crippen molar-refractivity contribution in [1.82, 2.24) is 10.6 Å². The maximum absolute atomic E-state index is 12.4. The molecule has 0 aromatic heterocycles. The number of carbonyl (C=O) groups excluding carboxylic acids is 1. The normalized spacial score (nSPS) is 16.3. The van der Waals surface area contributed by atoms with Crippen LogP contribution in [0.5, 0.6) is 17.2 Å². The first-order valence-electron chi connectivity index (χ1n) is 9.28. The Bertz CT molecular complexity index is 833. The second-order valence-electron chi connectivity index (χ2n) is 6.88. The van der Waals surface area contributed by atoms with Crippen LogP contribution in [0.3, 0.4) is 0 Å². The minimum absolute atomic E-state index is 0.155. The summed E-state index contributed by atoms with van der Waals surface area (Å²) < 4.78 is 16.6. The van der Waals surface area contributed by atoms with Crippen LogP contribution in [-0.2, 0) is 12.0 Å². The Hall–Kier alpha value is -2.89. The highest BCUT2D eigenvalue weighted by Crippen LogP contribution is 2.47. The Morgan fingerprint density at radius 3 is 2.67 bits per heavy atom. The monoisotopic (exact) mass is 368 g/mol. The zero-order chi connectivity index (χ0) is 18.7. The number of hydrogen-bond donors (Lipinski definition) is 2. The van der Waals surface area contributed by atoms with Crippen molar-refractivity contribution in [3.8, 4) is 17.2 Å². The van der Waals surface area contributed by atoms with Gasteiger partial charge in [-0.05, 0) is 48.6 Å². The molecule has 1 fully saturated rings. The van der Waals surface area contributed by atoms with E-state index in [1.807, 2.05) is 42.5 Å². The average Bonchev–Trinajstić information content (AvgIpc) is 3.48. The topological polar surface area (TPSA) is 68.8 Å². The number of methoxy groups -OCH3 is 1. The van der Waals surface area contributed by atoms with Crippen LogP contribution >= 0.6 is 0 Å². The molecule has 4 rings (SSSR count). The van der Waals surface area contributed by atoms with Gasteiger partial charge in [-0.25, -0.2) is 4.79 Å². The molecule has 0 unspecified atom stereocenters. The zero-order valence-corrected chi connectivity index (χ0v) is 15.4. The molecule has 0 bridgehead atoms. The van der Waals surface area contributed by atoms with E-state index in [-0.39, 0.29) is 11.6 Å². The highest BCUT2D eigenvalue weighted by Gasteiger charge is 2.46. The molecule has 142 valence electrons. The van der Waals surface area contributed by atoms with Gasteiger partial charge in [-0.2, -0.15) is 0 Å². The van der Waals surface area contributed by atoms with E-state index in [4.69, 9.17) is 14.2 Å². The van der Waals surface area contributed by atoms with Gasteiger partial charge in [0.25, 0.3) is 0 Å². The lowest BCUT2D eigenvalue weighted by Crippen LogP contribution is -2.42. The summed E-state index contributed by atoms with van der Waals surface area (Å²) in [6.07, 6.45) is 2.56. The number of amides is 2. The first kappa shape index (κ1) is 17.5. The number of para-hydroxylation sites is 1. The molecule has 1 aliphatic heterocycles. The Kier molecular flexibility index (Phi) is 4.79. The molecule has 2 aromatic rings. The van der Waals surface area contributed by atoms with E-state index in [1.165, 1.54) is 0 Å². The van der Waals surface area contributed by atoms with Gasteiger partial charge in [0, 0.05) is 6.54 Å². The van der Waals surface area contributed by atoms with Crippen LogP contribution in [0.1, 0.15) is 24.0 Å². The van der Waals surface area contributed by atoms with Crippen LogP contribution in [0, 0.1) is 0 Å². The van der Waals surface area contributed by atoms with E-state index in [1.54, 1.807) is 7.11 Å². The number of hydrogen-bond acceptors (Lipinski definition) is 4. The lowest BCUT2D eigenvalue weighted by molar-refractivity contribution is 0.171. The van der Waals surface area contributed by atoms with Crippen molar-refractivity contribution in [3.05, 3.63) is 53.6 Å². The molecule has 0 saturated heterocycles. The predicted molar refractivity (Wildman–Crippen MR) is 102 cm³/mol. The van der Waals surface area contributed by atoms with E-state index in [0.717, 1.165) is 41.2 Å². The van der Waals surface area contributed by atoms with Crippen molar-refractivity contribution in [2.45, 2.75) is 24.8 Å². The summed E-state index contributed by atoms with van der Waals surface area (Å²) in [6.45, 7) is 1.67. The summed E-state index contributed by atoms with van der Waals surface area (Å²) in [4.78, 5) is 12.4. The number of nitrogens with one attached hydrogen (secondary N) is 2. The van der Waals surface area contributed by atoms with Gasteiger partial charge < -0.3 is 24.8 Å². The van der Waals surface area contributed by atoms with Crippen LogP contribution < -0.4 is 24.8 Å². The minimum Gasteiger partial charge on any atom is -0.496 e. The number of rotatable bonds is 6. The molecule has 0 atom stereocenters. The van der Waals surface area contributed by atoms with Gasteiger partial charge in [-0.15, -0.1) is 0 Å². The first-order valence-corrected chi connectivity index (χ1v) is 9.28. The van der Waals surface area contributed by atoms with E-state index in [2.05, 4.69) is 10.6 Å². The quantitative estimate of drug-likeness (QED) is 0.822. The van der Waals surface area contributed by atoms with Crippen LogP contribution in [0.25, 0.3) is 0 Å². The molecule has 27 heavy (non-hydrogen) atoms. The van der Waals surface area contributed by atoms with Gasteiger partial charge in [-0.1, -0.05) is 24.3 Å². The lowest BCUT2D eigenvalue weighted by Gasteiger charge is -2.23. The van der Waals surface area contributed by atoms with Crippen LogP contribution in [0.4, 0.5) is 4.79 Å². The standard InChI is InChI=1S/C21H24N2O4/c1-25-17-5-3-2-4-15(17)8-11-22-20(24)23-21(9-10-21)16-6-7-18-19(14-16)27-13-12-26-18/h2-7,14H,8-13H2,1H3,(H2,22,23,24). The number of carbonyl (C=O) groups is 1. The number of ether oxygens (including phenoxy) is 3. The van der Waals surface area contributed by atoms with Crippen molar-refractivity contribution in [2.24, 2.45) is 0 Å². The Morgan fingerprint density at radius 2 is 1.89 bits per heavy atom. The highest BCUT2D eigenvalue weighted by atomic mass is 16.6. The molecular weight excluding hydrogens is 344 g/mol. The van der Waals surface area contributed by atoms with E-state index in [9.17, 15) is 4.79 Å². The fourth-order valence-corrected chi connectivity index (χ4v) is 3.43. The lowest BCUT2D eigenvalue weighted by atomic mass is 10.0. The number of fused-ring (bicyclic) bond motifs is 1. The van der Waals surface area contributed by atoms with Gasteiger partial charge >= 0.3 is 6.03 Å². The van der Waals surface area contributed by atoms with Crippen molar-refractivity contribution < 1.29 is 19.0 Å². The van der Waals surface area contributed by atoms with Crippen molar-refractivity contribution in [3.63, 3.8) is 0 Å². The molecule has 2 amide bonds. The second kappa shape index (κ2) is 7.39. The molecule has 2 N–H and O–H groups in total. The largest absolute Gasteiger partial charge is 0.496 e. The predicted octanol–water partition coefficient (Wildman–Crippen LogP) is 3.00. The van der Waals surface area contributed by atoms with Crippen molar-refractivity contribution in [1.29, 1.82) is 0 Å². The summed E-state index contributed by atoms with van der Waals surface area (Å²) in [5.74, 6) is 2.36. The summed E-state index contributed by atoms with van der Waals surface area (Å²) >= 11 is 0. The van der Waals surface area contributed by atoms with Crippen molar-refractivity contribution >= 4 is 6.03 Å². The fraction of sp³-hybridized carbons (Fsp3) is 0.381.